The van der Waals surface area contributed by atoms with Gasteiger partial charge in [0.25, 0.3) is 0 Å². The molecule has 8 heteroatoms. The number of rotatable bonds is 8. The standard InChI is InChI=1S/C27H33N5O3/c1-19(2)13-16-35-26(34)28-14-15-31-17-20-9-5-6-10-21(20)25-24(22-11-7-8-12-23(22)31)29-30-32(25)27(3,4)18-33/h5-12,33H,1,13-18H2,2-4H3,(H,28,34). The van der Waals surface area contributed by atoms with Crippen LogP contribution in [-0.4, -0.2) is 52.5 Å². The molecular formula is C27H33N5O3. The van der Waals surface area contributed by atoms with Crippen LogP contribution in [0.3, 0.4) is 0 Å². The van der Waals surface area contributed by atoms with E-state index in [-0.39, 0.29) is 6.61 Å². The quantitative estimate of drug-likeness (QED) is 0.471. The molecule has 0 spiro atoms. The van der Waals surface area contributed by atoms with Gasteiger partial charge in [0.2, 0.25) is 0 Å². The Morgan fingerprint density at radius 3 is 2.63 bits per heavy atom. The normalized spacial score (nSPS) is 12.6. The zero-order chi connectivity index (χ0) is 25.0. The third-order valence-electron chi connectivity index (χ3n) is 6.18. The molecule has 1 aromatic heterocycles. The number of benzene rings is 2. The number of nitrogens with zero attached hydrogens (tertiary/aromatic N) is 4. The van der Waals surface area contributed by atoms with Gasteiger partial charge in [0, 0.05) is 42.9 Å². The highest BCUT2D eigenvalue weighted by molar-refractivity contribution is 5.88. The molecule has 0 bridgehead atoms. The number of alkyl carbamates (subject to hydrolysis) is 1. The van der Waals surface area contributed by atoms with Gasteiger partial charge in [-0.05, 0) is 32.4 Å². The molecule has 1 aliphatic heterocycles. The van der Waals surface area contributed by atoms with Gasteiger partial charge in [-0.3, -0.25) is 0 Å². The topological polar surface area (TPSA) is 92.5 Å². The molecule has 3 aromatic rings. The Balaban J connectivity index is 1.67. The van der Waals surface area contributed by atoms with Crippen molar-refractivity contribution in [1.29, 1.82) is 0 Å². The van der Waals surface area contributed by atoms with Gasteiger partial charge in [-0.25, -0.2) is 9.48 Å². The van der Waals surface area contributed by atoms with E-state index in [4.69, 9.17) is 4.74 Å². The summed E-state index contributed by atoms with van der Waals surface area (Å²) in [6.45, 7) is 11.6. The second kappa shape index (κ2) is 10.3. The summed E-state index contributed by atoms with van der Waals surface area (Å²) in [5.74, 6) is 0. The molecule has 0 atom stereocenters. The first-order chi connectivity index (χ1) is 16.8. The molecular weight excluding hydrogens is 442 g/mol. The van der Waals surface area contributed by atoms with E-state index < -0.39 is 11.6 Å². The molecule has 0 saturated heterocycles. The van der Waals surface area contributed by atoms with Crippen molar-refractivity contribution in [3.63, 3.8) is 0 Å². The van der Waals surface area contributed by atoms with E-state index in [1.807, 2.05) is 55.8 Å². The third kappa shape index (κ3) is 5.22. The first kappa shape index (κ1) is 24.5. The SMILES string of the molecule is C=C(C)CCOC(=O)NCCN1Cc2ccccc2-c2c(nnn2C(C)(C)CO)-c2ccccc21. The van der Waals surface area contributed by atoms with Gasteiger partial charge in [0.1, 0.15) is 5.69 Å². The molecule has 0 radical (unpaired) electrons. The van der Waals surface area contributed by atoms with Gasteiger partial charge >= 0.3 is 6.09 Å². The fourth-order valence-electron chi connectivity index (χ4n) is 4.19. The number of amides is 1. The van der Waals surface area contributed by atoms with Crippen molar-refractivity contribution in [2.75, 3.05) is 31.2 Å². The lowest BCUT2D eigenvalue weighted by Crippen LogP contribution is -2.36. The van der Waals surface area contributed by atoms with Crippen LogP contribution in [0, 0.1) is 0 Å². The molecule has 4 rings (SSSR count). The van der Waals surface area contributed by atoms with Crippen LogP contribution >= 0.6 is 0 Å². The van der Waals surface area contributed by atoms with E-state index in [0.717, 1.165) is 39.3 Å². The Bertz CT molecular complexity index is 1220. The number of ether oxygens (including phenoxy) is 1. The minimum absolute atomic E-state index is 0.0626. The number of hydrogen-bond donors (Lipinski definition) is 2. The summed E-state index contributed by atoms with van der Waals surface area (Å²) in [6.07, 6.45) is 0.225. The lowest BCUT2D eigenvalue weighted by molar-refractivity contribution is 0.148. The van der Waals surface area contributed by atoms with Crippen LogP contribution < -0.4 is 10.2 Å². The summed E-state index contributed by atoms with van der Waals surface area (Å²) in [5, 5.41) is 22.0. The van der Waals surface area contributed by atoms with Crippen LogP contribution in [0.15, 0.2) is 60.7 Å². The van der Waals surface area contributed by atoms with Gasteiger partial charge in [0.05, 0.1) is 24.4 Å². The fraction of sp³-hybridized carbons (Fsp3) is 0.370. The lowest BCUT2D eigenvalue weighted by atomic mass is 9.94. The largest absolute Gasteiger partial charge is 0.449 e. The van der Waals surface area contributed by atoms with E-state index in [1.165, 1.54) is 0 Å². The van der Waals surface area contributed by atoms with Crippen molar-refractivity contribution in [3.05, 3.63) is 66.2 Å². The number of anilines is 1. The van der Waals surface area contributed by atoms with Crippen molar-refractivity contribution < 1.29 is 14.6 Å². The Kier molecular flexibility index (Phi) is 7.21. The van der Waals surface area contributed by atoms with Crippen molar-refractivity contribution in [2.24, 2.45) is 0 Å². The Hall–Kier alpha value is -3.65. The number of carbonyl (C=O) groups is 1. The first-order valence-electron chi connectivity index (χ1n) is 11.9. The minimum atomic E-state index is -0.615. The van der Waals surface area contributed by atoms with Crippen LogP contribution in [0.4, 0.5) is 10.5 Å². The fourth-order valence-corrected chi connectivity index (χ4v) is 4.19. The van der Waals surface area contributed by atoms with Crippen LogP contribution in [0.5, 0.6) is 0 Å². The highest BCUT2D eigenvalue weighted by Crippen LogP contribution is 2.42. The maximum absolute atomic E-state index is 12.1. The van der Waals surface area contributed by atoms with Gasteiger partial charge in [-0.2, -0.15) is 0 Å². The Morgan fingerprint density at radius 2 is 1.89 bits per heavy atom. The van der Waals surface area contributed by atoms with E-state index >= 15 is 0 Å². The highest BCUT2D eigenvalue weighted by atomic mass is 16.5. The van der Waals surface area contributed by atoms with Crippen LogP contribution in [0.25, 0.3) is 22.5 Å². The molecule has 35 heavy (non-hydrogen) atoms. The van der Waals surface area contributed by atoms with E-state index in [9.17, 15) is 9.90 Å². The number of hydrogen-bond acceptors (Lipinski definition) is 6. The van der Waals surface area contributed by atoms with Gasteiger partial charge < -0.3 is 20.1 Å². The number of aliphatic hydroxyl groups is 1. The summed E-state index contributed by atoms with van der Waals surface area (Å²) in [5.41, 5.74) is 6.14. The number of para-hydroxylation sites is 1. The molecule has 0 aliphatic carbocycles. The van der Waals surface area contributed by atoms with Crippen molar-refractivity contribution in [2.45, 2.75) is 39.3 Å². The summed E-state index contributed by atoms with van der Waals surface area (Å²) < 4.78 is 7.06. The van der Waals surface area contributed by atoms with Crippen molar-refractivity contribution >= 4 is 11.8 Å². The number of aliphatic hydroxyl groups excluding tert-OH is 1. The zero-order valence-corrected chi connectivity index (χ0v) is 20.6. The Morgan fingerprint density at radius 1 is 1.17 bits per heavy atom. The molecule has 0 fully saturated rings. The summed E-state index contributed by atoms with van der Waals surface area (Å²) in [6, 6.07) is 16.3. The molecule has 0 saturated carbocycles. The zero-order valence-electron chi connectivity index (χ0n) is 20.6. The first-order valence-corrected chi connectivity index (χ1v) is 11.9. The average Bonchev–Trinajstić information content (AvgIpc) is 3.28. The molecule has 1 amide bonds. The van der Waals surface area contributed by atoms with E-state index in [0.29, 0.717) is 32.7 Å². The monoisotopic (exact) mass is 475 g/mol. The maximum Gasteiger partial charge on any atom is 0.407 e. The minimum Gasteiger partial charge on any atom is -0.449 e. The molecule has 0 unspecified atom stereocenters. The molecule has 184 valence electrons. The number of fused-ring (bicyclic) bond motifs is 5. The summed E-state index contributed by atoms with van der Waals surface area (Å²) in [4.78, 5) is 14.3. The second-order valence-electron chi connectivity index (χ2n) is 9.53. The maximum atomic E-state index is 12.1. The highest BCUT2D eigenvalue weighted by Gasteiger charge is 2.31. The van der Waals surface area contributed by atoms with Gasteiger partial charge in [-0.15, -0.1) is 11.7 Å². The smallest absolute Gasteiger partial charge is 0.407 e. The predicted molar refractivity (Wildman–Crippen MR) is 137 cm³/mol. The average molecular weight is 476 g/mol. The third-order valence-corrected chi connectivity index (χ3v) is 6.18. The lowest BCUT2D eigenvalue weighted by Gasteiger charge is -2.31. The predicted octanol–water partition coefficient (Wildman–Crippen LogP) is 4.35. The molecule has 8 nitrogen and oxygen atoms in total. The van der Waals surface area contributed by atoms with Crippen LogP contribution in [0.2, 0.25) is 0 Å². The Labute approximate surface area is 206 Å². The molecule has 2 aromatic carbocycles. The van der Waals surface area contributed by atoms with E-state index in [1.54, 1.807) is 0 Å². The number of aromatic nitrogens is 3. The van der Waals surface area contributed by atoms with Gasteiger partial charge in [-0.1, -0.05) is 53.3 Å². The summed E-state index contributed by atoms with van der Waals surface area (Å²) >= 11 is 0. The molecule has 2 heterocycles. The van der Waals surface area contributed by atoms with E-state index in [2.05, 4.69) is 45.3 Å². The van der Waals surface area contributed by atoms with Crippen LogP contribution in [-0.2, 0) is 16.8 Å². The van der Waals surface area contributed by atoms with Gasteiger partial charge in [0.15, 0.2) is 0 Å². The molecule has 2 N–H and O–H groups in total. The van der Waals surface area contributed by atoms with Crippen molar-refractivity contribution in [1.82, 2.24) is 20.3 Å². The number of carbonyl (C=O) groups excluding carboxylic acids is 1. The number of nitrogens with one attached hydrogen (secondary N) is 1. The summed E-state index contributed by atoms with van der Waals surface area (Å²) in [7, 11) is 0. The molecule has 1 aliphatic rings. The van der Waals surface area contributed by atoms with Crippen LogP contribution in [0.1, 0.15) is 32.8 Å². The second-order valence-corrected chi connectivity index (χ2v) is 9.53. The van der Waals surface area contributed by atoms with Crippen molar-refractivity contribution in [3.8, 4) is 22.5 Å².